The maximum Gasteiger partial charge on any atom is 0.191 e. The Bertz CT molecular complexity index is 537. The topological polar surface area (TPSA) is 71.7 Å². The predicted molar refractivity (Wildman–Crippen MR) is 121 cm³/mol. The molecule has 0 aromatic carbocycles. The molecule has 0 amide bonds. The molecule has 7 heteroatoms. The van der Waals surface area contributed by atoms with Crippen molar-refractivity contribution < 1.29 is 9.26 Å². The molecule has 156 valence electrons. The fraction of sp³-hybridized carbons (Fsp3) is 0.800. The Labute approximate surface area is 181 Å². The van der Waals surface area contributed by atoms with Gasteiger partial charge in [0.2, 0.25) is 0 Å². The van der Waals surface area contributed by atoms with E-state index in [4.69, 9.17) is 14.3 Å². The second-order valence-electron chi connectivity index (χ2n) is 7.07. The van der Waals surface area contributed by atoms with Crippen LogP contribution in [0.25, 0.3) is 0 Å². The van der Waals surface area contributed by atoms with Crippen LogP contribution in [-0.4, -0.2) is 43.5 Å². The molecule has 27 heavy (non-hydrogen) atoms. The normalized spacial score (nSPS) is 16.2. The fourth-order valence-corrected chi connectivity index (χ4v) is 3.81. The van der Waals surface area contributed by atoms with Gasteiger partial charge in [-0.05, 0) is 59.3 Å². The molecule has 1 aromatic heterocycles. The van der Waals surface area contributed by atoms with Crippen molar-refractivity contribution in [2.45, 2.75) is 72.3 Å². The van der Waals surface area contributed by atoms with Crippen LogP contribution in [0.1, 0.15) is 63.0 Å². The first-order chi connectivity index (χ1) is 12.7. The molecular weight excluding hydrogens is 455 g/mol. The van der Waals surface area contributed by atoms with Crippen LogP contribution in [0.2, 0.25) is 0 Å². The molecule has 0 aliphatic heterocycles. The molecule has 1 saturated carbocycles. The van der Waals surface area contributed by atoms with E-state index in [1.807, 2.05) is 13.8 Å². The molecule has 1 aromatic rings. The third-order valence-electron chi connectivity index (χ3n) is 5.18. The van der Waals surface area contributed by atoms with E-state index in [1.165, 1.54) is 31.2 Å². The minimum Gasteiger partial charge on any atom is -0.378 e. The van der Waals surface area contributed by atoms with Crippen LogP contribution in [-0.2, 0) is 11.2 Å². The summed E-state index contributed by atoms with van der Waals surface area (Å²) in [5.74, 6) is 2.50. The van der Waals surface area contributed by atoms with E-state index in [2.05, 4.69) is 29.6 Å². The minimum atomic E-state index is 0. The number of aromatic nitrogens is 1. The molecule has 2 rings (SSSR count). The van der Waals surface area contributed by atoms with Crippen molar-refractivity contribution in [3.05, 3.63) is 17.0 Å². The van der Waals surface area contributed by atoms with E-state index >= 15 is 0 Å². The van der Waals surface area contributed by atoms with Crippen molar-refractivity contribution >= 4 is 29.9 Å². The van der Waals surface area contributed by atoms with Crippen LogP contribution >= 0.6 is 24.0 Å². The summed E-state index contributed by atoms with van der Waals surface area (Å²) in [5.41, 5.74) is 2.16. The van der Waals surface area contributed by atoms with Gasteiger partial charge in [-0.25, -0.2) is 0 Å². The minimum absolute atomic E-state index is 0. The van der Waals surface area contributed by atoms with E-state index < -0.39 is 0 Å². The largest absolute Gasteiger partial charge is 0.378 e. The van der Waals surface area contributed by atoms with E-state index in [-0.39, 0.29) is 24.0 Å². The number of halogens is 1. The summed E-state index contributed by atoms with van der Waals surface area (Å²) >= 11 is 0. The number of guanidine groups is 1. The zero-order chi connectivity index (χ0) is 18.8. The summed E-state index contributed by atoms with van der Waals surface area (Å²) in [6, 6.07) is 0. The maximum atomic E-state index is 6.00. The maximum absolute atomic E-state index is 6.00. The first-order valence-electron chi connectivity index (χ1n) is 10.2. The molecule has 0 bridgehead atoms. The number of hydrogen-bond acceptors (Lipinski definition) is 4. The lowest BCUT2D eigenvalue weighted by Gasteiger charge is -2.22. The highest BCUT2D eigenvalue weighted by Crippen LogP contribution is 2.30. The molecule has 0 spiro atoms. The average Bonchev–Trinajstić information content (AvgIpc) is 3.26. The van der Waals surface area contributed by atoms with Gasteiger partial charge in [-0.15, -0.1) is 24.0 Å². The van der Waals surface area contributed by atoms with Crippen molar-refractivity contribution in [1.29, 1.82) is 0 Å². The molecule has 1 aliphatic carbocycles. The van der Waals surface area contributed by atoms with Crippen molar-refractivity contribution in [2.24, 2.45) is 10.9 Å². The Morgan fingerprint density at radius 1 is 1.26 bits per heavy atom. The number of rotatable bonds is 10. The molecule has 6 nitrogen and oxygen atoms in total. The zero-order valence-electron chi connectivity index (χ0n) is 17.3. The van der Waals surface area contributed by atoms with Crippen LogP contribution < -0.4 is 10.6 Å². The Morgan fingerprint density at radius 2 is 2.00 bits per heavy atom. The van der Waals surface area contributed by atoms with Crippen LogP contribution in [0, 0.1) is 19.8 Å². The molecule has 0 saturated heterocycles. The Hall–Kier alpha value is -0.830. The Morgan fingerprint density at radius 3 is 2.59 bits per heavy atom. The van der Waals surface area contributed by atoms with E-state index in [1.54, 1.807) is 0 Å². The Kier molecular flexibility index (Phi) is 12.0. The number of ether oxygens (including phenoxy) is 1. The van der Waals surface area contributed by atoms with Gasteiger partial charge in [-0.3, -0.25) is 4.99 Å². The van der Waals surface area contributed by atoms with Crippen LogP contribution in [0.3, 0.4) is 0 Å². The van der Waals surface area contributed by atoms with Crippen LogP contribution in [0.4, 0.5) is 0 Å². The van der Waals surface area contributed by atoms with Gasteiger partial charge in [0.1, 0.15) is 5.76 Å². The second-order valence-corrected chi connectivity index (χ2v) is 7.07. The fourth-order valence-electron chi connectivity index (χ4n) is 3.81. The number of nitrogens with one attached hydrogen (secondary N) is 2. The lowest BCUT2D eigenvalue weighted by atomic mass is 9.98. The summed E-state index contributed by atoms with van der Waals surface area (Å²) in [7, 11) is 0. The lowest BCUT2D eigenvalue weighted by molar-refractivity contribution is 0.0177. The number of hydrogen-bond donors (Lipinski definition) is 2. The van der Waals surface area contributed by atoms with E-state index in [0.29, 0.717) is 6.10 Å². The molecule has 1 atom stereocenters. The highest BCUT2D eigenvalue weighted by molar-refractivity contribution is 14.0. The molecule has 1 fully saturated rings. The monoisotopic (exact) mass is 492 g/mol. The van der Waals surface area contributed by atoms with Gasteiger partial charge in [0, 0.05) is 31.8 Å². The number of aliphatic imine (C=N–C) groups is 1. The van der Waals surface area contributed by atoms with Crippen molar-refractivity contribution in [3.8, 4) is 0 Å². The first-order valence-corrected chi connectivity index (χ1v) is 10.2. The predicted octanol–water partition coefficient (Wildman–Crippen LogP) is 3.99. The molecule has 1 unspecified atom stereocenters. The van der Waals surface area contributed by atoms with Gasteiger partial charge >= 0.3 is 0 Å². The molecule has 1 heterocycles. The first kappa shape index (κ1) is 24.2. The SMILES string of the molecule is CCNC(=NCCC(OCC)C1CCCC1)NCCc1c(C)noc1C.I. The van der Waals surface area contributed by atoms with Gasteiger partial charge in [0.15, 0.2) is 5.96 Å². The highest BCUT2D eigenvalue weighted by atomic mass is 127. The quantitative estimate of drug-likeness (QED) is 0.294. The molecule has 1 aliphatic rings. The molecule has 2 N–H and O–H groups in total. The summed E-state index contributed by atoms with van der Waals surface area (Å²) in [6.07, 6.45) is 7.56. The van der Waals surface area contributed by atoms with Gasteiger partial charge in [0.25, 0.3) is 0 Å². The Balaban J connectivity index is 0.00000364. The summed E-state index contributed by atoms with van der Waals surface area (Å²) in [5, 5.41) is 10.8. The standard InChI is InChI=1S/C20H36N4O2.HI/c1-5-21-20(22-13-11-18-15(3)24-26-16(18)4)23-14-12-19(25-6-2)17-9-7-8-10-17;/h17,19H,5-14H2,1-4H3,(H2,21,22,23);1H. The second kappa shape index (κ2) is 13.4. The van der Waals surface area contributed by atoms with Gasteiger partial charge in [-0.1, -0.05) is 18.0 Å². The molecule has 0 radical (unpaired) electrons. The zero-order valence-corrected chi connectivity index (χ0v) is 19.7. The average molecular weight is 492 g/mol. The highest BCUT2D eigenvalue weighted by Gasteiger charge is 2.24. The van der Waals surface area contributed by atoms with Crippen LogP contribution in [0.15, 0.2) is 9.52 Å². The van der Waals surface area contributed by atoms with Crippen molar-refractivity contribution in [1.82, 2.24) is 15.8 Å². The smallest absolute Gasteiger partial charge is 0.191 e. The number of aryl methyl sites for hydroxylation is 2. The van der Waals surface area contributed by atoms with Gasteiger partial charge in [-0.2, -0.15) is 0 Å². The summed E-state index contributed by atoms with van der Waals surface area (Å²) in [6.45, 7) is 11.4. The third kappa shape index (κ3) is 7.97. The summed E-state index contributed by atoms with van der Waals surface area (Å²) < 4.78 is 11.2. The third-order valence-corrected chi connectivity index (χ3v) is 5.18. The van der Waals surface area contributed by atoms with Crippen molar-refractivity contribution in [3.63, 3.8) is 0 Å². The van der Waals surface area contributed by atoms with Crippen LogP contribution in [0.5, 0.6) is 0 Å². The summed E-state index contributed by atoms with van der Waals surface area (Å²) in [4.78, 5) is 4.75. The van der Waals surface area contributed by atoms with E-state index in [0.717, 1.165) is 62.4 Å². The van der Waals surface area contributed by atoms with E-state index in [9.17, 15) is 0 Å². The van der Waals surface area contributed by atoms with Gasteiger partial charge < -0.3 is 19.9 Å². The van der Waals surface area contributed by atoms with Crippen molar-refractivity contribution in [2.75, 3.05) is 26.2 Å². The number of nitrogens with zero attached hydrogens (tertiary/aromatic N) is 2. The molecular formula is C20H37IN4O2. The lowest BCUT2D eigenvalue weighted by Crippen LogP contribution is -2.38. The van der Waals surface area contributed by atoms with Gasteiger partial charge in [0.05, 0.1) is 11.8 Å².